The third kappa shape index (κ3) is 3.92. The maximum Gasteiger partial charge on any atom is 0.254 e. The van der Waals surface area contributed by atoms with Crippen molar-refractivity contribution in [1.82, 2.24) is 15.3 Å². The summed E-state index contributed by atoms with van der Waals surface area (Å²) in [6.07, 6.45) is 2.48. The van der Waals surface area contributed by atoms with Gasteiger partial charge in [0, 0.05) is 39.9 Å². The van der Waals surface area contributed by atoms with Crippen molar-refractivity contribution in [2.75, 3.05) is 43.5 Å². The summed E-state index contributed by atoms with van der Waals surface area (Å²) in [6.45, 7) is 3.88. The average Bonchev–Trinajstić information content (AvgIpc) is 3.08. The van der Waals surface area contributed by atoms with Crippen molar-refractivity contribution in [3.8, 4) is 0 Å². The van der Waals surface area contributed by atoms with Gasteiger partial charge in [0.2, 0.25) is 5.95 Å². The maximum absolute atomic E-state index is 13.9. The summed E-state index contributed by atoms with van der Waals surface area (Å²) in [5.41, 5.74) is 1.77. The van der Waals surface area contributed by atoms with E-state index in [1.165, 1.54) is 6.07 Å². The highest BCUT2D eigenvalue weighted by Gasteiger charge is 2.25. The van der Waals surface area contributed by atoms with E-state index in [1.807, 2.05) is 25.1 Å². The lowest BCUT2D eigenvalue weighted by Gasteiger charge is -2.19. The van der Waals surface area contributed by atoms with Gasteiger partial charge in [0.1, 0.15) is 5.82 Å². The second kappa shape index (κ2) is 7.68. The number of carbonyl (C=O) groups excluding carboxylic acids is 1. The van der Waals surface area contributed by atoms with Crippen LogP contribution in [0.1, 0.15) is 22.5 Å². The van der Waals surface area contributed by atoms with Crippen LogP contribution in [0.4, 0.5) is 16.0 Å². The molecular formula is C19H24FN5O. The van der Waals surface area contributed by atoms with Gasteiger partial charge in [0.25, 0.3) is 5.91 Å². The fourth-order valence-electron chi connectivity index (χ4n) is 3.15. The molecule has 1 N–H and O–H groups in total. The standard InChI is InChI=1S/C19H24FN5O/c1-13-15(11-22-19(23-13)24(2)3)18(26)21-10-14-8-9-25(12-14)17-7-5-4-6-16(17)20/h4-7,11,14H,8-10,12H2,1-3H3,(H,21,26)/t14-/m1/s1. The van der Waals surface area contributed by atoms with E-state index < -0.39 is 0 Å². The van der Waals surface area contributed by atoms with E-state index in [0.29, 0.717) is 35.4 Å². The molecule has 1 aliphatic heterocycles. The Balaban J connectivity index is 1.57. The van der Waals surface area contributed by atoms with E-state index in [1.54, 1.807) is 30.2 Å². The van der Waals surface area contributed by atoms with Crippen LogP contribution in [0, 0.1) is 18.7 Å². The number of para-hydroxylation sites is 1. The Morgan fingerprint density at radius 1 is 1.38 bits per heavy atom. The largest absolute Gasteiger partial charge is 0.369 e. The molecule has 1 saturated heterocycles. The molecule has 6 nitrogen and oxygen atoms in total. The summed E-state index contributed by atoms with van der Waals surface area (Å²) in [7, 11) is 3.71. The molecule has 138 valence electrons. The zero-order valence-electron chi connectivity index (χ0n) is 15.4. The number of hydrogen-bond acceptors (Lipinski definition) is 5. The topological polar surface area (TPSA) is 61.4 Å². The van der Waals surface area contributed by atoms with Crippen molar-refractivity contribution < 1.29 is 9.18 Å². The van der Waals surface area contributed by atoms with Crippen LogP contribution in [0.25, 0.3) is 0 Å². The Hall–Kier alpha value is -2.70. The lowest BCUT2D eigenvalue weighted by atomic mass is 10.1. The van der Waals surface area contributed by atoms with Gasteiger partial charge < -0.3 is 15.1 Å². The van der Waals surface area contributed by atoms with Crippen molar-refractivity contribution in [3.05, 3.63) is 47.5 Å². The predicted octanol–water partition coefficient (Wildman–Crippen LogP) is 2.25. The Bertz CT molecular complexity index is 795. The normalized spacial score (nSPS) is 16.6. The maximum atomic E-state index is 13.9. The molecule has 1 amide bonds. The van der Waals surface area contributed by atoms with Crippen LogP contribution in [0.15, 0.2) is 30.5 Å². The van der Waals surface area contributed by atoms with Crippen molar-refractivity contribution in [2.24, 2.45) is 5.92 Å². The molecule has 1 aromatic carbocycles. The summed E-state index contributed by atoms with van der Waals surface area (Å²) in [5.74, 6) is 0.499. The fraction of sp³-hybridized carbons (Fsp3) is 0.421. The molecule has 7 heteroatoms. The summed E-state index contributed by atoms with van der Waals surface area (Å²) in [6, 6.07) is 6.81. The first-order chi connectivity index (χ1) is 12.5. The van der Waals surface area contributed by atoms with Crippen LogP contribution in [0.3, 0.4) is 0 Å². The molecule has 0 spiro atoms. The van der Waals surface area contributed by atoms with Crippen molar-refractivity contribution in [2.45, 2.75) is 13.3 Å². The third-order valence-corrected chi connectivity index (χ3v) is 4.64. The summed E-state index contributed by atoms with van der Waals surface area (Å²) < 4.78 is 13.9. The van der Waals surface area contributed by atoms with Gasteiger partial charge in [-0.05, 0) is 31.4 Å². The Morgan fingerprint density at radius 2 is 2.15 bits per heavy atom. The predicted molar refractivity (Wildman–Crippen MR) is 100 cm³/mol. The van der Waals surface area contributed by atoms with Gasteiger partial charge in [-0.3, -0.25) is 4.79 Å². The molecule has 0 aliphatic carbocycles. The van der Waals surface area contributed by atoms with E-state index in [2.05, 4.69) is 15.3 Å². The minimum atomic E-state index is -0.203. The number of rotatable bonds is 5. The molecule has 26 heavy (non-hydrogen) atoms. The van der Waals surface area contributed by atoms with Crippen LogP contribution in [-0.2, 0) is 0 Å². The smallest absolute Gasteiger partial charge is 0.254 e. The van der Waals surface area contributed by atoms with Gasteiger partial charge in [0.15, 0.2) is 0 Å². The summed E-state index contributed by atoms with van der Waals surface area (Å²) in [4.78, 5) is 24.8. The second-order valence-electron chi connectivity index (χ2n) is 6.83. The van der Waals surface area contributed by atoms with Gasteiger partial charge in [0.05, 0.1) is 16.9 Å². The number of benzene rings is 1. The SMILES string of the molecule is Cc1nc(N(C)C)ncc1C(=O)NC[C@H]1CCN(c2ccccc2F)C1. The van der Waals surface area contributed by atoms with Gasteiger partial charge >= 0.3 is 0 Å². The quantitative estimate of drug-likeness (QED) is 0.889. The summed E-state index contributed by atoms with van der Waals surface area (Å²) >= 11 is 0. The molecule has 1 fully saturated rings. The molecule has 1 aliphatic rings. The van der Waals surface area contributed by atoms with E-state index in [9.17, 15) is 9.18 Å². The van der Waals surface area contributed by atoms with E-state index >= 15 is 0 Å². The molecule has 2 aromatic rings. The zero-order chi connectivity index (χ0) is 18.7. The Morgan fingerprint density at radius 3 is 2.85 bits per heavy atom. The molecular weight excluding hydrogens is 333 g/mol. The fourth-order valence-corrected chi connectivity index (χ4v) is 3.15. The molecule has 3 rings (SSSR count). The highest BCUT2D eigenvalue weighted by atomic mass is 19.1. The number of anilines is 2. The van der Waals surface area contributed by atoms with E-state index in [4.69, 9.17) is 0 Å². The molecule has 0 radical (unpaired) electrons. The number of aromatic nitrogens is 2. The number of nitrogens with one attached hydrogen (secondary N) is 1. The molecule has 1 aromatic heterocycles. The highest BCUT2D eigenvalue weighted by Crippen LogP contribution is 2.25. The summed E-state index contributed by atoms with van der Waals surface area (Å²) in [5, 5.41) is 2.96. The minimum Gasteiger partial charge on any atom is -0.369 e. The van der Waals surface area contributed by atoms with E-state index in [-0.39, 0.29) is 11.7 Å². The van der Waals surface area contributed by atoms with Crippen LogP contribution in [0.5, 0.6) is 0 Å². The van der Waals surface area contributed by atoms with Crippen LogP contribution >= 0.6 is 0 Å². The number of halogens is 1. The van der Waals surface area contributed by atoms with Crippen molar-refractivity contribution in [3.63, 3.8) is 0 Å². The first-order valence-corrected chi connectivity index (χ1v) is 8.74. The Kier molecular flexibility index (Phi) is 5.35. The second-order valence-corrected chi connectivity index (χ2v) is 6.83. The highest BCUT2D eigenvalue weighted by molar-refractivity contribution is 5.95. The first kappa shape index (κ1) is 18.1. The van der Waals surface area contributed by atoms with Crippen molar-refractivity contribution >= 4 is 17.5 Å². The Labute approximate surface area is 153 Å². The lowest BCUT2D eigenvalue weighted by Crippen LogP contribution is -2.32. The third-order valence-electron chi connectivity index (χ3n) is 4.64. The number of amides is 1. The van der Waals surface area contributed by atoms with Crippen LogP contribution in [-0.4, -0.2) is 49.6 Å². The van der Waals surface area contributed by atoms with Crippen molar-refractivity contribution in [1.29, 1.82) is 0 Å². The lowest BCUT2D eigenvalue weighted by molar-refractivity contribution is 0.0947. The van der Waals surface area contributed by atoms with Gasteiger partial charge in [-0.2, -0.15) is 0 Å². The van der Waals surface area contributed by atoms with Gasteiger partial charge in [-0.1, -0.05) is 12.1 Å². The number of carbonyl (C=O) groups is 1. The minimum absolute atomic E-state index is 0.169. The zero-order valence-corrected chi connectivity index (χ0v) is 15.4. The molecule has 0 unspecified atom stereocenters. The van der Waals surface area contributed by atoms with Crippen LogP contribution < -0.4 is 15.1 Å². The first-order valence-electron chi connectivity index (χ1n) is 8.74. The molecule has 0 saturated carbocycles. The van der Waals surface area contributed by atoms with E-state index in [0.717, 1.165) is 19.5 Å². The number of aryl methyl sites for hydroxylation is 1. The molecule has 2 heterocycles. The van der Waals surface area contributed by atoms with Crippen LogP contribution in [0.2, 0.25) is 0 Å². The van der Waals surface area contributed by atoms with Gasteiger partial charge in [-0.15, -0.1) is 0 Å². The van der Waals surface area contributed by atoms with Gasteiger partial charge in [-0.25, -0.2) is 14.4 Å². The number of hydrogen-bond donors (Lipinski definition) is 1. The number of nitrogens with zero attached hydrogens (tertiary/aromatic N) is 4. The molecule has 0 bridgehead atoms. The molecule has 1 atom stereocenters. The average molecular weight is 357 g/mol. The monoisotopic (exact) mass is 357 g/mol.